The van der Waals surface area contributed by atoms with Crippen molar-refractivity contribution in [3.8, 4) is 11.5 Å². The van der Waals surface area contributed by atoms with Crippen LogP contribution in [0.5, 0.6) is 11.5 Å². The molecule has 0 heterocycles. The summed E-state index contributed by atoms with van der Waals surface area (Å²) in [5.41, 5.74) is 1.78. The van der Waals surface area contributed by atoms with Crippen molar-refractivity contribution in [2.24, 2.45) is 0 Å². The molecule has 24 heavy (non-hydrogen) atoms. The van der Waals surface area contributed by atoms with E-state index in [0.29, 0.717) is 24.3 Å². The van der Waals surface area contributed by atoms with Crippen molar-refractivity contribution in [2.45, 2.75) is 25.8 Å². The molecule has 0 aliphatic rings. The number of carbonyl (C=O) groups is 1. The quantitative estimate of drug-likeness (QED) is 0.842. The second-order valence-electron chi connectivity index (χ2n) is 5.52. The number of nitrogens with one attached hydrogen (secondary N) is 1. The largest absolute Gasteiger partial charge is 0.497 e. The van der Waals surface area contributed by atoms with Crippen molar-refractivity contribution in [2.75, 3.05) is 14.2 Å². The summed E-state index contributed by atoms with van der Waals surface area (Å²) in [5.74, 6) is 1.05. The van der Waals surface area contributed by atoms with Crippen LogP contribution in [0.2, 0.25) is 0 Å². The first-order valence-corrected chi connectivity index (χ1v) is 7.79. The highest BCUT2D eigenvalue weighted by atomic mass is 19.1. The van der Waals surface area contributed by atoms with E-state index >= 15 is 0 Å². The Morgan fingerprint density at radius 3 is 2.46 bits per heavy atom. The molecule has 0 saturated carbocycles. The highest BCUT2D eigenvalue weighted by molar-refractivity contribution is 5.76. The molecule has 0 radical (unpaired) electrons. The van der Waals surface area contributed by atoms with E-state index in [1.807, 2.05) is 25.1 Å². The monoisotopic (exact) mass is 331 g/mol. The number of amides is 1. The van der Waals surface area contributed by atoms with Gasteiger partial charge in [-0.2, -0.15) is 0 Å². The zero-order valence-corrected chi connectivity index (χ0v) is 14.1. The number of aryl methyl sites for hydroxylation is 1. The second-order valence-corrected chi connectivity index (χ2v) is 5.52. The van der Waals surface area contributed by atoms with Gasteiger partial charge in [0.25, 0.3) is 0 Å². The van der Waals surface area contributed by atoms with Crippen LogP contribution in [-0.4, -0.2) is 20.1 Å². The summed E-state index contributed by atoms with van der Waals surface area (Å²) < 4.78 is 23.4. The number of benzene rings is 2. The summed E-state index contributed by atoms with van der Waals surface area (Å²) in [6, 6.07) is 11.4. The summed E-state index contributed by atoms with van der Waals surface area (Å²) in [6.45, 7) is 1.90. The molecule has 128 valence electrons. The van der Waals surface area contributed by atoms with E-state index in [1.165, 1.54) is 12.1 Å². The molecule has 2 aromatic rings. The number of ether oxygens (including phenoxy) is 2. The van der Waals surface area contributed by atoms with Crippen LogP contribution in [0.15, 0.2) is 42.5 Å². The Labute approximate surface area is 141 Å². The summed E-state index contributed by atoms with van der Waals surface area (Å²) in [5, 5.41) is 2.96. The molecule has 1 atom stereocenters. The van der Waals surface area contributed by atoms with Gasteiger partial charge in [-0.1, -0.05) is 12.1 Å². The van der Waals surface area contributed by atoms with Gasteiger partial charge in [0.05, 0.1) is 20.3 Å². The van der Waals surface area contributed by atoms with Crippen molar-refractivity contribution >= 4 is 5.91 Å². The van der Waals surface area contributed by atoms with Crippen molar-refractivity contribution in [3.63, 3.8) is 0 Å². The predicted molar refractivity (Wildman–Crippen MR) is 90.8 cm³/mol. The minimum absolute atomic E-state index is 0.0725. The van der Waals surface area contributed by atoms with E-state index in [4.69, 9.17) is 9.47 Å². The van der Waals surface area contributed by atoms with E-state index in [9.17, 15) is 9.18 Å². The van der Waals surface area contributed by atoms with Gasteiger partial charge in [-0.05, 0) is 49.2 Å². The molecule has 5 heteroatoms. The third-order valence-electron chi connectivity index (χ3n) is 3.83. The molecular formula is C19H22FNO3. The van der Waals surface area contributed by atoms with Gasteiger partial charge in [0, 0.05) is 12.0 Å². The van der Waals surface area contributed by atoms with Gasteiger partial charge in [0.2, 0.25) is 5.91 Å². The van der Waals surface area contributed by atoms with Crippen molar-refractivity contribution in [3.05, 3.63) is 59.4 Å². The van der Waals surface area contributed by atoms with E-state index in [1.54, 1.807) is 26.4 Å². The molecule has 0 spiro atoms. The van der Waals surface area contributed by atoms with Crippen LogP contribution in [0.1, 0.15) is 30.5 Å². The van der Waals surface area contributed by atoms with Crippen molar-refractivity contribution in [1.82, 2.24) is 5.32 Å². The zero-order valence-electron chi connectivity index (χ0n) is 14.1. The fourth-order valence-electron chi connectivity index (χ4n) is 2.48. The van der Waals surface area contributed by atoms with Crippen LogP contribution < -0.4 is 14.8 Å². The van der Waals surface area contributed by atoms with Crippen LogP contribution in [0.3, 0.4) is 0 Å². The maximum atomic E-state index is 12.9. The lowest BCUT2D eigenvalue weighted by Gasteiger charge is -2.18. The fourth-order valence-corrected chi connectivity index (χ4v) is 2.48. The summed E-state index contributed by atoms with van der Waals surface area (Å²) in [6.07, 6.45) is 0.899. The summed E-state index contributed by atoms with van der Waals surface area (Å²) in [4.78, 5) is 12.2. The minimum atomic E-state index is -0.276. The number of methoxy groups -OCH3 is 2. The first-order valence-electron chi connectivity index (χ1n) is 7.79. The Balaban J connectivity index is 1.97. The molecule has 4 nitrogen and oxygen atoms in total. The van der Waals surface area contributed by atoms with Gasteiger partial charge in [-0.15, -0.1) is 0 Å². The SMILES string of the molecule is COc1ccc(OC)c(C(C)NC(=O)CCc2ccc(F)cc2)c1. The molecule has 1 unspecified atom stereocenters. The van der Waals surface area contributed by atoms with Gasteiger partial charge < -0.3 is 14.8 Å². The molecule has 0 saturated heterocycles. The number of rotatable bonds is 7. The molecule has 2 aromatic carbocycles. The van der Waals surface area contributed by atoms with Crippen LogP contribution in [-0.2, 0) is 11.2 Å². The van der Waals surface area contributed by atoms with Crippen molar-refractivity contribution in [1.29, 1.82) is 0 Å². The van der Waals surface area contributed by atoms with Gasteiger partial charge in [-0.3, -0.25) is 4.79 Å². The number of carbonyl (C=O) groups excluding carboxylic acids is 1. The topological polar surface area (TPSA) is 47.6 Å². The molecule has 0 fully saturated rings. The Hall–Kier alpha value is -2.56. The van der Waals surface area contributed by atoms with Crippen molar-refractivity contribution < 1.29 is 18.7 Å². The minimum Gasteiger partial charge on any atom is -0.497 e. The number of hydrogen-bond donors (Lipinski definition) is 1. The van der Waals surface area contributed by atoms with Crippen LogP contribution in [0, 0.1) is 5.82 Å². The van der Waals surface area contributed by atoms with E-state index in [-0.39, 0.29) is 17.8 Å². The molecule has 0 aliphatic heterocycles. The summed E-state index contributed by atoms with van der Waals surface area (Å²) in [7, 11) is 3.19. The second kappa shape index (κ2) is 8.34. The van der Waals surface area contributed by atoms with E-state index < -0.39 is 0 Å². The van der Waals surface area contributed by atoms with Gasteiger partial charge >= 0.3 is 0 Å². The Bertz CT molecular complexity index is 686. The smallest absolute Gasteiger partial charge is 0.220 e. The molecule has 0 bridgehead atoms. The Morgan fingerprint density at radius 1 is 1.12 bits per heavy atom. The maximum absolute atomic E-state index is 12.9. The fraction of sp³-hybridized carbons (Fsp3) is 0.316. The van der Waals surface area contributed by atoms with Crippen LogP contribution in [0.4, 0.5) is 4.39 Å². The van der Waals surface area contributed by atoms with E-state index in [0.717, 1.165) is 11.1 Å². The predicted octanol–water partition coefficient (Wildman–Crippen LogP) is 3.65. The third-order valence-corrected chi connectivity index (χ3v) is 3.83. The first-order chi connectivity index (χ1) is 11.5. The average Bonchev–Trinajstić information content (AvgIpc) is 2.60. The highest BCUT2D eigenvalue weighted by Crippen LogP contribution is 2.29. The van der Waals surface area contributed by atoms with Crippen LogP contribution in [0.25, 0.3) is 0 Å². The standard InChI is InChI=1S/C19H22FNO3/c1-13(17-12-16(23-2)9-10-18(17)24-3)21-19(22)11-6-14-4-7-15(20)8-5-14/h4-5,7-10,12-13H,6,11H2,1-3H3,(H,21,22). The van der Waals surface area contributed by atoms with E-state index in [2.05, 4.69) is 5.32 Å². The molecule has 1 amide bonds. The van der Waals surface area contributed by atoms with Crippen LogP contribution >= 0.6 is 0 Å². The van der Waals surface area contributed by atoms with Gasteiger partial charge in [0.1, 0.15) is 17.3 Å². The lowest BCUT2D eigenvalue weighted by atomic mass is 10.1. The lowest BCUT2D eigenvalue weighted by Crippen LogP contribution is -2.27. The maximum Gasteiger partial charge on any atom is 0.220 e. The molecule has 1 N–H and O–H groups in total. The lowest BCUT2D eigenvalue weighted by molar-refractivity contribution is -0.121. The summed E-state index contributed by atoms with van der Waals surface area (Å²) >= 11 is 0. The molecular weight excluding hydrogens is 309 g/mol. The van der Waals surface area contributed by atoms with Gasteiger partial charge in [-0.25, -0.2) is 4.39 Å². The number of halogens is 1. The van der Waals surface area contributed by atoms with Gasteiger partial charge in [0.15, 0.2) is 0 Å². The molecule has 0 aliphatic carbocycles. The number of hydrogen-bond acceptors (Lipinski definition) is 3. The Morgan fingerprint density at radius 2 is 1.83 bits per heavy atom. The normalized spacial score (nSPS) is 11.7. The molecule has 0 aromatic heterocycles. The Kier molecular flexibility index (Phi) is 6.18. The third kappa shape index (κ3) is 4.72. The zero-order chi connectivity index (χ0) is 17.5. The first kappa shape index (κ1) is 17.8. The average molecular weight is 331 g/mol. The molecule has 2 rings (SSSR count). The highest BCUT2D eigenvalue weighted by Gasteiger charge is 2.15.